The van der Waals surface area contributed by atoms with Gasteiger partial charge in [-0.1, -0.05) is 26.0 Å². The molecule has 0 bridgehead atoms. The Labute approximate surface area is 249 Å². The molecule has 2 aromatic heterocycles. The number of thiazole rings is 1. The molecule has 4 atom stereocenters. The summed E-state index contributed by atoms with van der Waals surface area (Å²) in [7, 11) is -3.00. The van der Waals surface area contributed by atoms with Crippen molar-refractivity contribution in [2.75, 3.05) is 29.5 Å². The molecule has 2 aliphatic rings. The number of alkyl halides is 1. The van der Waals surface area contributed by atoms with E-state index in [0.29, 0.717) is 35.9 Å². The van der Waals surface area contributed by atoms with Gasteiger partial charge in [-0.05, 0) is 61.9 Å². The predicted octanol–water partition coefficient (Wildman–Crippen LogP) is 4.68. The number of rotatable bonds is 7. The van der Waals surface area contributed by atoms with E-state index in [2.05, 4.69) is 16.3 Å². The summed E-state index contributed by atoms with van der Waals surface area (Å²) in [4.78, 5) is 21.2. The third kappa shape index (κ3) is 5.64. The van der Waals surface area contributed by atoms with Gasteiger partial charge in [0.2, 0.25) is 5.91 Å². The van der Waals surface area contributed by atoms with E-state index >= 15 is 4.39 Å². The monoisotopic (exact) mass is 610 g/mol. The summed E-state index contributed by atoms with van der Waals surface area (Å²) in [6.45, 7) is 6.43. The van der Waals surface area contributed by atoms with E-state index in [1.54, 1.807) is 0 Å². The first kappa shape index (κ1) is 30.0. The maximum atomic E-state index is 15.1. The Bertz CT molecular complexity index is 1590. The zero-order valence-electron chi connectivity index (χ0n) is 24.0. The number of nitriles is 1. The van der Waals surface area contributed by atoms with Gasteiger partial charge in [0.25, 0.3) is 0 Å². The maximum Gasteiger partial charge on any atom is 0.225 e. The van der Waals surface area contributed by atoms with Crippen molar-refractivity contribution in [3.8, 4) is 27.2 Å². The number of aryl methyl sites for hydroxylation is 1. The quantitative estimate of drug-likeness (QED) is 0.406. The van der Waals surface area contributed by atoms with Gasteiger partial charge in [-0.2, -0.15) is 10.4 Å². The predicted molar refractivity (Wildman–Crippen MR) is 161 cm³/mol. The van der Waals surface area contributed by atoms with Crippen molar-refractivity contribution in [3.05, 3.63) is 47.8 Å². The first-order chi connectivity index (χ1) is 19.9. The van der Waals surface area contributed by atoms with E-state index in [1.165, 1.54) is 11.3 Å². The van der Waals surface area contributed by atoms with Crippen LogP contribution in [0.4, 0.5) is 10.1 Å². The molecule has 0 radical (unpaired) electrons. The summed E-state index contributed by atoms with van der Waals surface area (Å²) in [5.74, 6) is -2.03. The van der Waals surface area contributed by atoms with Crippen LogP contribution in [0.15, 0.2) is 36.4 Å². The van der Waals surface area contributed by atoms with Crippen molar-refractivity contribution in [2.24, 2.45) is 23.0 Å². The van der Waals surface area contributed by atoms with Gasteiger partial charge in [0.1, 0.15) is 16.9 Å². The number of hydrogen-bond donors (Lipinski definition) is 1. The molecule has 1 aliphatic heterocycles. The highest BCUT2D eigenvalue weighted by molar-refractivity contribution is 7.91. The molecular weight excluding hydrogens is 576 g/mol. The van der Waals surface area contributed by atoms with Gasteiger partial charge in [-0.25, -0.2) is 17.8 Å². The van der Waals surface area contributed by atoms with Crippen molar-refractivity contribution >= 4 is 32.8 Å². The second-order valence-corrected chi connectivity index (χ2v) is 15.0. The van der Waals surface area contributed by atoms with Crippen LogP contribution in [0, 0.1) is 35.5 Å². The number of hydrogen-bond acceptors (Lipinski definition) is 9. The fourth-order valence-electron chi connectivity index (χ4n) is 6.42. The lowest BCUT2D eigenvalue weighted by atomic mass is 9.55. The molecule has 0 spiro atoms. The molecule has 2 fully saturated rings. The Morgan fingerprint density at radius 2 is 1.83 bits per heavy atom. The number of primary amides is 1. The standard InChI is InChI=1S/C30H35FN6O3S2/c1-18(2)24(17-32)30(29(33)38)16-21(31)7-10-23(30)26-27(41-28(34-26)25-11-4-19(3)35-36-25)20-5-8-22(9-6-20)37-12-14-42(39,40)15-13-37/h4-6,8-9,11,18,21,23-24H,7,10,12-16H2,1-3H3,(H2,33,38)/t21?,23?,24-,30?/m0/s1. The Hall–Kier alpha value is -3.43. The van der Waals surface area contributed by atoms with E-state index < -0.39 is 39.2 Å². The van der Waals surface area contributed by atoms with Crippen LogP contribution in [-0.2, 0) is 14.6 Å². The zero-order chi connectivity index (χ0) is 30.2. The molecule has 5 rings (SSSR count). The van der Waals surface area contributed by atoms with Crippen molar-refractivity contribution in [3.63, 3.8) is 0 Å². The van der Waals surface area contributed by atoms with Crippen molar-refractivity contribution in [1.82, 2.24) is 15.2 Å². The number of anilines is 1. The highest BCUT2D eigenvalue weighted by Crippen LogP contribution is 2.56. The first-order valence-electron chi connectivity index (χ1n) is 14.2. The average Bonchev–Trinajstić information content (AvgIpc) is 3.39. The van der Waals surface area contributed by atoms with Gasteiger partial charge in [-0.3, -0.25) is 4.79 Å². The van der Waals surface area contributed by atoms with Gasteiger partial charge >= 0.3 is 0 Å². The Balaban J connectivity index is 1.63. The zero-order valence-corrected chi connectivity index (χ0v) is 25.6. The number of halogens is 1. The van der Waals surface area contributed by atoms with Crippen LogP contribution in [0.3, 0.4) is 0 Å². The second kappa shape index (κ2) is 11.7. The van der Waals surface area contributed by atoms with Gasteiger partial charge in [0.15, 0.2) is 9.84 Å². The van der Waals surface area contributed by atoms with Crippen LogP contribution in [-0.4, -0.2) is 60.3 Å². The lowest BCUT2D eigenvalue weighted by molar-refractivity contribution is -0.136. The van der Waals surface area contributed by atoms with E-state index in [0.717, 1.165) is 21.8 Å². The van der Waals surface area contributed by atoms with Crippen LogP contribution in [0.5, 0.6) is 0 Å². The van der Waals surface area contributed by atoms with Crippen molar-refractivity contribution in [2.45, 2.75) is 52.1 Å². The summed E-state index contributed by atoms with van der Waals surface area (Å²) >= 11 is 1.41. The van der Waals surface area contributed by atoms with E-state index in [9.17, 15) is 18.5 Å². The number of amides is 1. The first-order valence-corrected chi connectivity index (χ1v) is 16.8. The molecule has 3 aromatic rings. The van der Waals surface area contributed by atoms with Crippen LogP contribution in [0.2, 0.25) is 0 Å². The molecule has 1 amide bonds. The minimum atomic E-state index is -3.00. The fraction of sp³-hybridized carbons (Fsp3) is 0.500. The largest absolute Gasteiger partial charge is 0.369 e. The van der Waals surface area contributed by atoms with E-state index in [4.69, 9.17) is 10.7 Å². The molecule has 9 nitrogen and oxygen atoms in total. The molecule has 2 N–H and O–H groups in total. The lowest BCUT2D eigenvalue weighted by Gasteiger charge is -2.46. The number of sulfone groups is 1. The van der Waals surface area contributed by atoms with Crippen LogP contribution in [0.1, 0.15) is 50.4 Å². The molecule has 222 valence electrons. The Morgan fingerprint density at radius 3 is 2.40 bits per heavy atom. The van der Waals surface area contributed by atoms with Crippen molar-refractivity contribution in [1.29, 1.82) is 5.26 Å². The molecule has 12 heteroatoms. The van der Waals surface area contributed by atoms with E-state index in [1.807, 2.05) is 62.1 Å². The van der Waals surface area contributed by atoms with Crippen LogP contribution >= 0.6 is 11.3 Å². The fourth-order valence-corrected chi connectivity index (χ4v) is 8.72. The molecular formula is C30H35FN6O3S2. The van der Waals surface area contributed by atoms with Gasteiger partial charge < -0.3 is 10.6 Å². The molecule has 1 saturated heterocycles. The van der Waals surface area contributed by atoms with Gasteiger partial charge in [0, 0.05) is 24.7 Å². The minimum absolute atomic E-state index is 0.122. The van der Waals surface area contributed by atoms with E-state index in [-0.39, 0.29) is 30.3 Å². The molecule has 42 heavy (non-hydrogen) atoms. The maximum absolute atomic E-state index is 15.1. The normalized spacial score (nSPS) is 24.7. The number of carbonyl (C=O) groups excluding carboxylic acids is 1. The molecule has 3 unspecified atom stereocenters. The number of aromatic nitrogens is 3. The SMILES string of the molecule is Cc1ccc(-c2nc(C3CCC(F)CC3(C(N)=O)[C@@H](C#N)C(C)C)c(-c3ccc(N4CCS(=O)(=O)CC4)cc3)s2)nn1. The van der Waals surface area contributed by atoms with Crippen LogP contribution < -0.4 is 10.6 Å². The number of nitrogens with zero attached hydrogens (tertiary/aromatic N) is 5. The average molecular weight is 611 g/mol. The van der Waals surface area contributed by atoms with Crippen LogP contribution in [0.25, 0.3) is 21.1 Å². The second-order valence-electron chi connectivity index (χ2n) is 11.7. The summed E-state index contributed by atoms with van der Waals surface area (Å²) in [6, 6.07) is 13.8. The highest BCUT2D eigenvalue weighted by Gasteiger charge is 2.56. The summed E-state index contributed by atoms with van der Waals surface area (Å²) in [5.41, 5.74) is 8.38. The molecule has 3 heterocycles. The Kier molecular flexibility index (Phi) is 8.36. The summed E-state index contributed by atoms with van der Waals surface area (Å²) in [6.07, 6.45) is -0.814. The molecule has 1 aromatic carbocycles. The lowest BCUT2D eigenvalue weighted by Crippen LogP contribution is -2.52. The molecule has 1 saturated carbocycles. The third-order valence-corrected chi connectivity index (χ3v) is 11.4. The minimum Gasteiger partial charge on any atom is -0.369 e. The third-order valence-electron chi connectivity index (χ3n) is 8.61. The smallest absolute Gasteiger partial charge is 0.225 e. The van der Waals surface area contributed by atoms with Gasteiger partial charge in [0.05, 0.1) is 45.2 Å². The Morgan fingerprint density at radius 1 is 1.14 bits per heavy atom. The van der Waals surface area contributed by atoms with Gasteiger partial charge in [-0.15, -0.1) is 16.4 Å². The topological polar surface area (TPSA) is 143 Å². The number of nitrogens with two attached hydrogens (primary N) is 1. The number of benzene rings is 1. The summed E-state index contributed by atoms with van der Waals surface area (Å²) in [5, 5.41) is 19.4. The van der Waals surface area contributed by atoms with Crippen molar-refractivity contribution < 1.29 is 17.6 Å². The summed E-state index contributed by atoms with van der Waals surface area (Å²) < 4.78 is 38.9. The number of carbonyl (C=O) groups is 1. The highest BCUT2D eigenvalue weighted by atomic mass is 32.2. The molecule has 1 aliphatic carbocycles.